The van der Waals surface area contributed by atoms with Crippen LogP contribution < -0.4 is 0 Å². The number of carbonyl (C=O) groups is 2. The molecule has 0 aromatic carbocycles. The van der Waals surface area contributed by atoms with Crippen molar-refractivity contribution in [3.8, 4) is 0 Å². The molecule has 7 N–H and O–H groups in total. The van der Waals surface area contributed by atoms with E-state index in [4.69, 9.17) is 35.7 Å². The Balaban J connectivity index is 0. The molecule has 0 spiro atoms. The lowest BCUT2D eigenvalue weighted by Gasteiger charge is -2.07. The van der Waals surface area contributed by atoms with E-state index in [9.17, 15) is 9.59 Å². The molecule has 9 nitrogen and oxygen atoms in total. The van der Waals surface area contributed by atoms with Gasteiger partial charge in [-0.2, -0.15) is 0 Å². The molecular formula is C10H20O9. The van der Waals surface area contributed by atoms with Crippen LogP contribution in [0.1, 0.15) is 19.3 Å². The van der Waals surface area contributed by atoms with Crippen LogP contribution in [-0.2, 0) is 9.59 Å². The zero-order chi connectivity index (χ0) is 15.4. The zero-order valence-corrected chi connectivity index (χ0v) is 10.2. The first-order valence-corrected chi connectivity index (χ1v) is 5.49. The van der Waals surface area contributed by atoms with E-state index < -0.39 is 30.3 Å². The molecule has 114 valence electrons. The number of carboxylic acids is 2. The standard InChI is InChI=1S/C6H14O3.C4H6O6/c7-4-2-1-3-6(9)5-8;5-1(3(7)8)2(6)4(9)10/h6-9H,1-5H2;1-2,5-6H,(H,7,8)(H,9,10). The molecule has 19 heavy (non-hydrogen) atoms. The third-order valence-corrected chi connectivity index (χ3v) is 1.96. The van der Waals surface area contributed by atoms with Gasteiger partial charge in [-0.3, -0.25) is 0 Å². The van der Waals surface area contributed by atoms with Gasteiger partial charge in [0.1, 0.15) is 0 Å². The fourth-order valence-electron chi connectivity index (χ4n) is 0.853. The van der Waals surface area contributed by atoms with Gasteiger partial charge in [-0.25, -0.2) is 9.59 Å². The van der Waals surface area contributed by atoms with Crippen LogP contribution in [0.2, 0.25) is 0 Å². The highest BCUT2D eigenvalue weighted by Gasteiger charge is 2.29. The predicted octanol–water partition coefficient (Wildman–Crippen LogP) is -2.62. The zero-order valence-electron chi connectivity index (χ0n) is 10.2. The molecule has 0 saturated heterocycles. The van der Waals surface area contributed by atoms with E-state index in [0.717, 1.165) is 6.42 Å². The second-order valence-corrected chi connectivity index (χ2v) is 3.62. The summed E-state index contributed by atoms with van der Waals surface area (Å²) in [5.74, 6) is -3.54. The molecule has 0 aromatic heterocycles. The number of aliphatic carboxylic acids is 2. The van der Waals surface area contributed by atoms with Gasteiger partial charge in [0, 0.05) is 6.61 Å². The molecule has 9 heteroatoms. The lowest BCUT2D eigenvalue weighted by Crippen LogP contribution is -2.39. The second kappa shape index (κ2) is 11.8. The minimum Gasteiger partial charge on any atom is -0.479 e. The number of unbranched alkanes of at least 4 members (excludes halogenated alkanes) is 1. The van der Waals surface area contributed by atoms with Crippen LogP contribution in [0.3, 0.4) is 0 Å². The average molecular weight is 284 g/mol. The number of aliphatic hydroxyl groups is 5. The number of hydrogen-bond acceptors (Lipinski definition) is 7. The Hall–Kier alpha value is -1.26. The summed E-state index contributed by atoms with van der Waals surface area (Å²) in [5, 5.41) is 57.9. The Bertz CT molecular complexity index is 237. The Morgan fingerprint density at radius 3 is 1.53 bits per heavy atom. The van der Waals surface area contributed by atoms with E-state index >= 15 is 0 Å². The fourth-order valence-corrected chi connectivity index (χ4v) is 0.853. The van der Waals surface area contributed by atoms with Gasteiger partial charge in [-0.15, -0.1) is 0 Å². The topological polar surface area (TPSA) is 176 Å². The van der Waals surface area contributed by atoms with Gasteiger partial charge >= 0.3 is 11.9 Å². The van der Waals surface area contributed by atoms with E-state index in [2.05, 4.69) is 0 Å². The van der Waals surface area contributed by atoms with Crippen molar-refractivity contribution in [2.75, 3.05) is 13.2 Å². The number of carboxylic acid groups (broad SMARTS) is 2. The molecule has 0 fully saturated rings. The second-order valence-electron chi connectivity index (χ2n) is 3.62. The highest BCUT2D eigenvalue weighted by atomic mass is 16.4. The summed E-state index contributed by atoms with van der Waals surface area (Å²) in [6.07, 6.45) is -3.07. The molecule has 0 heterocycles. The van der Waals surface area contributed by atoms with Gasteiger partial charge < -0.3 is 35.7 Å². The average Bonchev–Trinajstić information content (AvgIpc) is 2.37. The maximum Gasteiger partial charge on any atom is 0.335 e. The van der Waals surface area contributed by atoms with Crippen LogP contribution in [0.5, 0.6) is 0 Å². The van der Waals surface area contributed by atoms with E-state index in [1.54, 1.807) is 0 Å². The smallest absolute Gasteiger partial charge is 0.335 e. The maximum absolute atomic E-state index is 9.77. The molecule has 0 amide bonds. The number of aliphatic hydroxyl groups excluding tert-OH is 5. The molecule has 0 aliphatic carbocycles. The summed E-state index contributed by atoms with van der Waals surface area (Å²) in [7, 11) is 0. The summed E-state index contributed by atoms with van der Waals surface area (Å²) in [6.45, 7) is -0.0103. The number of rotatable bonds is 8. The third-order valence-electron chi connectivity index (χ3n) is 1.96. The van der Waals surface area contributed by atoms with Crippen LogP contribution >= 0.6 is 0 Å². The van der Waals surface area contributed by atoms with Crippen molar-refractivity contribution < 1.29 is 45.3 Å². The first kappa shape index (κ1) is 20.1. The summed E-state index contributed by atoms with van der Waals surface area (Å²) < 4.78 is 0. The lowest BCUT2D eigenvalue weighted by molar-refractivity contribution is -0.165. The first-order valence-electron chi connectivity index (χ1n) is 5.49. The fraction of sp³-hybridized carbons (Fsp3) is 0.800. The summed E-state index contributed by atoms with van der Waals surface area (Å²) in [6, 6.07) is 0. The largest absolute Gasteiger partial charge is 0.479 e. The monoisotopic (exact) mass is 284 g/mol. The number of hydrogen-bond donors (Lipinski definition) is 7. The van der Waals surface area contributed by atoms with E-state index in [1.165, 1.54) is 0 Å². The summed E-state index contributed by atoms with van der Waals surface area (Å²) in [4.78, 5) is 19.5. The molecule has 0 saturated carbocycles. The normalized spacial score (nSPS) is 14.8. The Labute approximate surface area is 109 Å². The quantitative estimate of drug-likeness (QED) is 0.235. The van der Waals surface area contributed by atoms with Crippen molar-refractivity contribution in [3.05, 3.63) is 0 Å². The molecular weight excluding hydrogens is 264 g/mol. The Morgan fingerprint density at radius 2 is 1.26 bits per heavy atom. The molecule has 0 rings (SSSR count). The molecule has 3 unspecified atom stereocenters. The van der Waals surface area contributed by atoms with E-state index in [-0.39, 0.29) is 13.2 Å². The van der Waals surface area contributed by atoms with Crippen LogP contribution in [0.25, 0.3) is 0 Å². The predicted molar refractivity (Wildman–Crippen MR) is 61.3 cm³/mol. The molecule has 0 radical (unpaired) electrons. The van der Waals surface area contributed by atoms with Gasteiger partial charge in [0.25, 0.3) is 0 Å². The molecule has 0 aliphatic heterocycles. The van der Waals surface area contributed by atoms with Crippen molar-refractivity contribution >= 4 is 11.9 Å². The Kier molecular flexibility index (Phi) is 12.5. The van der Waals surface area contributed by atoms with Crippen molar-refractivity contribution in [3.63, 3.8) is 0 Å². The van der Waals surface area contributed by atoms with Gasteiger partial charge in [0.05, 0.1) is 12.7 Å². The van der Waals surface area contributed by atoms with E-state index in [1.807, 2.05) is 0 Å². The van der Waals surface area contributed by atoms with Crippen LogP contribution in [0.15, 0.2) is 0 Å². The third kappa shape index (κ3) is 11.6. The van der Waals surface area contributed by atoms with Gasteiger partial charge in [-0.05, 0) is 19.3 Å². The van der Waals surface area contributed by atoms with Crippen molar-refractivity contribution in [1.29, 1.82) is 0 Å². The summed E-state index contributed by atoms with van der Waals surface area (Å²) >= 11 is 0. The van der Waals surface area contributed by atoms with Crippen molar-refractivity contribution in [2.24, 2.45) is 0 Å². The van der Waals surface area contributed by atoms with E-state index in [0.29, 0.717) is 12.8 Å². The SMILES string of the molecule is O=C(O)C(O)C(O)C(=O)O.OCCCCC(O)CO. The summed E-state index contributed by atoms with van der Waals surface area (Å²) in [5.41, 5.74) is 0. The van der Waals surface area contributed by atoms with Gasteiger partial charge in [-0.1, -0.05) is 0 Å². The van der Waals surface area contributed by atoms with Gasteiger partial charge in [0.15, 0.2) is 12.2 Å². The molecule has 3 atom stereocenters. The highest BCUT2D eigenvalue weighted by molar-refractivity contribution is 5.83. The molecule has 0 bridgehead atoms. The lowest BCUT2D eigenvalue weighted by atomic mass is 10.2. The maximum atomic E-state index is 9.77. The Morgan fingerprint density at radius 1 is 0.842 bits per heavy atom. The first-order chi connectivity index (χ1) is 8.77. The molecule has 0 aromatic rings. The van der Waals surface area contributed by atoms with Gasteiger partial charge in [0.2, 0.25) is 0 Å². The van der Waals surface area contributed by atoms with Crippen molar-refractivity contribution in [1.82, 2.24) is 0 Å². The van der Waals surface area contributed by atoms with Crippen LogP contribution in [0, 0.1) is 0 Å². The van der Waals surface area contributed by atoms with Crippen molar-refractivity contribution in [2.45, 2.75) is 37.6 Å². The molecule has 0 aliphatic rings. The van der Waals surface area contributed by atoms with Crippen LogP contribution in [-0.4, -0.2) is 79.2 Å². The minimum absolute atomic E-state index is 0.165. The minimum atomic E-state index is -2.27. The van der Waals surface area contributed by atoms with Crippen LogP contribution in [0.4, 0.5) is 0 Å². The highest BCUT2D eigenvalue weighted by Crippen LogP contribution is 1.98.